The van der Waals surface area contributed by atoms with E-state index in [1.54, 1.807) is 44.6 Å². The highest BCUT2D eigenvalue weighted by Crippen LogP contribution is 2.56. The predicted octanol–water partition coefficient (Wildman–Crippen LogP) is 7.65. The zero-order valence-electron chi connectivity index (χ0n) is 28.2. The Balaban J connectivity index is 1.28. The Hall–Kier alpha value is -5.26. The van der Waals surface area contributed by atoms with Gasteiger partial charge in [-0.15, -0.1) is 0 Å². The van der Waals surface area contributed by atoms with Gasteiger partial charge < -0.3 is 28.1 Å². The van der Waals surface area contributed by atoms with Crippen molar-refractivity contribution >= 4 is 34.1 Å². The van der Waals surface area contributed by atoms with Crippen molar-refractivity contribution < 1.29 is 28.1 Å². The molecule has 1 aromatic heterocycles. The topological polar surface area (TPSA) is 76.4 Å². The molecule has 8 heteroatoms. The third kappa shape index (κ3) is 6.72. The van der Waals surface area contributed by atoms with E-state index in [4.69, 9.17) is 28.1 Å². The van der Waals surface area contributed by atoms with Gasteiger partial charge in [0.05, 0.1) is 41.2 Å². The highest BCUT2D eigenvalue weighted by Gasteiger charge is 2.44. The van der Waals surface area contributed by atoms with Gasteiger partial charge in [-0.2, -0.15) is 0 Å². The molecule has 0 aliphatic rings. The van der Waals surface area contributed by atoms with Crippen LogP contribution in [0.25, 0.3) is 22.3 Å². The van der Waals surface area contributed by atoms with Crippen molar-refractivity contribution in [3.63, 3.8) is 0 Å². The Kier molecular flexibility index (Phi) is 10.5. The van der Waals surface area contributed by atoms with Crippen LogP contribution < -0.4 is 45.0 Å². The van der Waals surface area contributed by atoms with E-state index in [0.29, 0.717) is 40.8 Å². The lowest BCUT2D eigenvalue weighted by Crippen LogP contribution is -2.33. The maximum absolute atomic E-state index is 13.7. The number of methoxy groups -OCH3 is 4. The van der Waals surface area contributed by atoms with E-state index in [2.05, 4.69) is 91.0 Å². The molecule has 0 fully saturated rings. The number of rotatable bonds is 14. The van der Waals surface area contributed by atoms with Crippen molar-refractivity contribution in [1.29, 1.82) is 0 Å². The molecule has 49 heavy (non-hydrogen) atoms. The summed E-state index contributed by atoms with van der Waals surface area (Å²) in [5.74, 6) is 2.28. The summed E-state index contributed by atoms with van der Waals surface area (Å²) in [6, 6.07) is 41.4. The number of ether oxygens (including phenoxy) is 5. The van der Waals surface area contributed by atoms with E-state index in [0.717, 1.165) is 19.0 Å². The fraction of sp³-hybridized carbons (Fsp3) is 0.195. The van der Waals surface area contributed by atoms with E-state index in [1.165, 1.54) is 30.1 Å². The highest BCUT2D eigenvalue weighted by molar-refractivity contribution is 7.95. The zero-order valence-corrected chi connectivity index (χ0v) is 29.1. The smallest absolute Gasteiger partial charge is 0.239 e. The molecule has 0 saturated carbocycles. The summed E-state index contributed by atoms with van der Waals surface area (Å²) in [5, 5.41) is 4.37. The quantitative estimate of drug-likeness (QED) is 0.0868. The number of fused-ring (bicyclic) bond motifs is 1. The molecule has 0 aliphatic heterocycles. The summed E-state index contributed by atoms with van der Waals surface area (Å²) in [5.41, 5.74) is 0.577. The fourth-order valence-corrected chi connectivity index (χ4v) is 10.8. The predicted molar refractivity (Wildman–Crippen MR) is 199 cm³/mol. The number of benzene rings is 5. The third-order valence-electron chi connectivity index (χ3n) is 8.71. The van der Waals surface area contributed by atoms with Gasteiger partial charge in [0.1, 0.15) is 45.6 Å². The summed E-state index contributed by atoms with van der Waals surface area (Å²) in [6.07, 6.45) is 2.78. The molecule has 0 N–H and O–H groups in total. The zero-order chi connectivity index (χ0) is 34.2. The van der Waals surface area contributed by atoms with Crippen LogP contribution >= 0.6 is 7.26 Å². The first-order valence-corrected chi connectivity index (χ1v) is 18.1. The largest absolute Gasteiger partial charge is 0.496 e. The van der Waals surface area contributed by atoms with E-state index in [1.807, 2.05) is 0 Å². The molecule has 250 valence electrons. The number of hydrogen-bond donors (Lipinski definition) is 0. The van der Waals surface area contributed by atoms with Gasteiger partial charge in [0.25, 0.3) is 0 Å². The molecule has 0 saturated heterocycles. The van der Waals surface area contributed by atoms with Gasteiger partial charge in [-0.05, 0) is 67.4 Å². The fourth-order valence-electron chi connectivity index (χ4n) is 6.36. The van der Waals surface area contributed by atoms with Crippen molar-refractivity contribution in [2.75, 3.05) is 41.2 Å². The summed E-state index contributed by atoms with van der Waals surface area (Å²) < 4.78 is 34.7. The second kappa shape index (κ2) is 15.3. The Morgan fingerprint density at radius 3 is 1.69 bits per heavy atom. The first-order valence-electron chi connectivity index (χ1n) is 16.2. The highest BCUT2D eigenvalue weighted by atomic mass is 31.2. The van der Waals surface area contributed by atoms with Gasteiger partial charge in [0.2, 0.25) is 11.2 Å². The molecule has 0 amide bonds. The van der Waals surface area contributed by atoms with E-state index >= 15 is 0 Å². The molecule has 6 aromatic rings. The average Bonchev–Trinajstić information content (AvgIpc) is 3.16. The summed E-state index contributed by atoms with van der Waals surface area (Å²) in [6.45, 7) is 0.482. The van der Waals surface area contributed by atoms with Crippen molar-refractivity contribution in [3.05, 3.63) is 132 Å². The minimum absolute atomic E-state index is 0.0637. The molecule has 0 atom stereocenters. The van der Waals surface area contributed by atoms with Crippen LogP contribution in [0, 0.1) is 0 Å². The minimum atomic E-state index is -1.92. The molecule has 7 nitrogen and oxygen atoms in total. The normalized spacial score (nSPS) is 11.3. The van der Waals surface area contributed by atoms with E-state index in [9.17, 15) is 4.79 Å². The van der Waals surface area contributed by atoms with Gasteiger partial charge >= 0.3 is 0 Å². The lowest BCUT2D eigenvalue weighted by atomic mass is 10.1. The van der Waals surface area contributed by atoms with Crippen LogP contribution in [0.5, 0.6) is 28.7 Å². The maximum Gasteiger partial charge on any atom is 0.239 e. The first-order chi connectivity index (χ1) is 24.0. The molecular weight excluding hydrogens is 635 g/mol. The van der Waals surface area contributed by atoms with Crippen molar-refractivity contribution in [2.24, 2.45) is 0 Å². The van der Waals surface area contributed by atoms with E-state index in [-0.39, 0.29) is 22.3 Å². The van der Waals surface area contributed by atoms with Gasteiger partial charge in [-0.3, -0.25) is 4.79 Å². The second-order valence-corrected chi connectivity index (χ2v) is 15.1. The molecule has 0 bridgehead atoms. The molecular formula is C41H40O7P+. The van der Waals surface area contributed by atoms with Crippen LogP contribution in [-0.2, 0) is 0 Å². The maximum atomic E-state index is 13.7. The van der Waals surface area contributed by atoms with Crippen molar-refractivity contribution in [1.82, 2.24) is 0 Å². The monoisotopic (exact) mass is 675 g/mol. The SMILES string of the molecule is COc1ccc(-c2oc3cc(OCCCC[P+](c4ccccc4)(c4ccccc4)c4ccccc4)cc(OC)c3c(=O)c2OC)cc1OC. The first kappa shape index (κ1) is 33.6. The Labute approximate surface area is 287 Å². The molecule has 0 spiro atoms. The summed E-state index contributed by atoms with van der Waals surface area (Å²) >= 11 is 0. The second-order valence-electron chi connectivity index (χ2n) is 11.5. The molecule has 1 heterocycles. The van der Waals surface area contributed by atoms with Crippen LogP contribution in [-0.4, -0.2) is 41.2 Å². The van der Waals surface area contributed by atoms with Crippen molar-refractivity contribution in [2.45, 2.75) is 12.8 Å². The minimum Gasteiger partial charge on any atom is -0.496 e. The van der Waals surface area contributed by atoms with E-state index < -0.39 is 7.26 Å². The Morgan fingerprint density at radius 1 is 0.592 bits per heavy atom. The van der Waals surface area contributed by atoms with Crippen molar-refractivity contribution in [3.8, 4) is 40.1 Å². The van der Waals surface area contributed by atoms with Gasteiger partial charge in [0.15, 0.2) is 17.3 Å². The van der Waals surface area contributed by atoms with Crippen LogP contribution in [0.4, 0.5) is 0 Å². The Morgan fingerprint density at radius 2 is 1.16 bits per heavy atom. The summed E-state index contributed by atoms with van der Waals surface area (Å²) in [7, 11) is 4.16. The molecule has 0 radical (unpaired) electrons. The third-order valence-corrected chi connectivity index (χ3v) is 13.2. The van der Waals surface area contributed by atoms with Crippen LogP contribution in [0.2, 0.25) is 0 Å². The standard InChI is InChI=1S/C41H40O7P/c1-43-34-23-22-29(26-35(34)44-2)40-41(46-4)39(42)38-36(45-3)27-30(28-37(38)48-40)47-24-14-15-25-49(31-16-8-5-9-17-31,32-18-10-6-11-19-32)33-20-12-7-13-21-33/h5-13,16-23,26-28H,14-15,24-25H2,1-4H3/q+1. The molecule has 0 unspecified atom stereocenters. The summed E-state index contributed by atoms with van der Waals surface area (Å²) in [4.78, 5) is 13.7. The lowest BCUT2D eigenvalue weighted by Gasteiger charge is -2.27. The van der Waals surface area contributed by atoms with Crippen LogP contribution in [0.3, 0.4) is 0 Å². The molecule has 0 aliphatic carbocycles. The van der Waals surface area contributed by atoms with Crippen LogP contribution in [0.1, 0.15) is 12.8 Å². The molecule has 6 rings (SSSR count). The lowest BCUT2D eigenvalue weighted by molar-refractivity contribution is 0.307. The average molecular weight is 676 g/mol. The van der Waals surface area contributed by atoms with Crippen LogP contribution in [0.15, 0.2) is 131 Å². The number of hydrogen-bond acceptors (Lipinski definition) is 7. The number of unbranched alkanes of at least 4 members (excludes halogenated alkanes) is 1. The van der Waals surface area contributed by atoms with Gasteiger partial charge in [-0.25, -0.2) is 0 Å². The van der Waals surface area contributed by atoms with Gasteiger partial charge in [0, 0.05) is 17.7 Å². The van der Waals surface area contributed by atoms with Gasteiger partial charge in [-0.1, -0.05) is 54.6 Å². The molecule has 5 aromatic carbocycles. The Bertz CT molecular complexity index is 1970.